The zero-order chi connectivity index (χ0) is 22.6. The number of hydrogen-bond acceptors (Lipinski definition) is 1. The maximum Gasteiger partial charge on any atom is 0.0859 e. The van der Waals surface area contributed by atoms with Crippen LogP contribution in [-0.2, 0) is 17.6 Å². The van der Waals surface area contributed by atoms with Gasteiger partial charge in [0, 0.05) is 0 Å². The minimum absolute atomic E-state index is 0.136. The number of benzene rings is 2. The summed E-state index contributed by atoms with van der Waals surface area (Å²) in [5.41, 5.74) is 5.50. The van der Waals surface area contributed by atoms with E-state index in [1.54, 1.807) is 0 Å². The summed E-state index contributed by atoms with van der Waals surface area (Å²) in [5.74, 6) is 1.00. The number of ether oxygens (including phenoxy) is 1. The van der Waals surface area contributed by atoms with E-state index in [4.69, 9.17) is 4.74 Å². The molecule has 0 bridgehead atoms. The molecule has 31 heavy (non-hydrogen) atoms. The highest BCUT2D eigenvalue weighted by Gasteiger charge is 2.28. The van der Waals surface area contributed by atoms with Crippen LogP contribution in [0.4, 0.5) is 0 Å². The summed E-state index contributed by atoms with van der Waals surface area (Å²) in [7, 11) is 0. The van der Waals surface area contributed by atoms with Crippen LogP contribution in [0.1, 0.15) is 115 Å². The Balaban J connectivity index is 2.41. The molecular weight excluding hydrogens is 376 g/mol. The van der Waals surface area contributed by atoms with Gasteiger partial charge in [0.2, 0.25) is 0 Å². The van der Waals surface area contributed by atoms with Gasteiger partial charge in [-0.15, -0.1) is 0 Å². The quantitative estimate of drug-likeness (QED) is 0.295. The van der Waals surface area contributed by atoms with E-state index in [0.717, 1.165) is 12.8 Å². The van der Waals surface area contributed by atoms with Gasteiger partial charge in [0.1, 0.15) is 0 Å². The summed E-state index contributed by atoms with van der Waals surface area (Å²) in [6, 6.07) is 18.2. The zero-order valence-corrected chi connectivity index (χ0v) is 21.0. The van der Waals surface area contributed by atoms with E-state index in [9.17, 15) is 0 Å². The van der Waals surface area contributed by atoms with Crippen LogP contribution in [0.15, 0.2) is 48.5 Å². The lowest BCUT2D eigenvalue weighted by molar-refractivity contribution is -0.0710. The molecule has 4 unspecified atom stereocenters. The van der Waals surface area contributed by atoms with Crippen molar-refractivity contribution in [3.8, 4) is 0 Å². The topological polar surface area (TPSA) is 9.23 Å². The highest BCUT2D eigenvalue weighted by molar-refractivity contribution is 5.28. The van der Waals surface area contributed by atoms with Gasteiger partial charge in [-0.05, 0) is 59.8 Å². The van der Waals surface area contributed by atoms with Gasteiger partial charge >= 0.3 is 0 Å². The lowest BCUT2D eigenvalue weighted by Gasteiger charge is -2.33. The van der Waals surface area contributed by atoms with Crippen molar-refractivity contribution in [1.82, 2.24) is 0 Å². The van der Waals surface area contributed by atoms with Crippen LogP contribution in [0, 0.1) is 11.8 Å². The van der Waals surface area contributed by atoms with E-state index in [0.29, 0.717) is 11.8 Å². The van der Waals surface area contributed by atoms with E-state index >= 15 is 0 Å². The van der Waals surface area contributed by atoms with Crippen LogP contribution >= 0.6 is 0 Å². The van der Waals surface area contributed by atoms with Crippen molar-refractivity contribution in [3.05, 3.63) is 70.8 Å². The Bertz CT molecular complexity index is 686. The molecule has 2 aromatic rings. The van der Waals surface area contributed by atoms with Crippen LogP contribution in [0.25, 0.3) is 0 Å². The first-order valence-electron chi connectivity index (χ1n) is 12.9. The molecule has 0 heterocycles. The Morgan fingerprint density at radius 1 is 0.645 bits per heavy atom. The van der Waals surface area contributed by atoms with E-state index < -0.39 is 0 Å². The van der Waals surface area contributed by atoms with Gasteiger partial charge in [0.05, 0.1) is 12.2 Å². The standard InChI is InChI=1S/C30H46O/c1-7-11-15-23(5)29(27-19-13-17-25(9-3)21-27)31-30(24(6)16-12-8-2)28-20-14-18-26(10-4)22-28/h13-14,17-24,29-30H,7-12,15-16H2,1-6H3. The molecule has 0 aliphatic carbocycles. The maximum absolute atomic E-state index is 7.14. The molecule has 0 aromatic heterocycles. The molecular formula is C30H46O. The Labute approximate surface area is 192 Å². The molecule has 0 radical (unpaired) electrons. The molecule has 0 N–H and O–H groups in total. The normalized spacial score (nSPS) is 15.4. The maximum atomic E-state index is 7.14. The molecule has 172 valence electrons. The van der Waals surface area contributed by atoms with Crippen molar-refractivity contribution in [2.75, 3.05) is 0 Å². The van der Waals surface area contributed by atoms with Crippen LogP contribution < -0.4 is 0 Å². The third-order valence-corrected chi connectivity index (χ3v) is 6.73. The van der Waals surface area contributed by atoms with Crippen LogP contribution in [0.3, 0.4) is 0 Å². The summed E-state index contributed by atoms with van der Waals surface area (Å²) in [4.78, 5) is 0. The molecule has 0 fully saturated rings. The third kappa shape index (κ3) is 7.79. The highest BCUT2D eigenvalue weighted by atomic mass is 16.5. The second-order valence-corrected chi connectivity index (χ2v) is 9.41. The van der Waals surface area contributed by atoms with Gasteiger partial charge in [-0.2, -0.15) is 0 Å². The molecule has 0 saturated heterocycles. The molecule has 0 saturated carbocycles. The molecule has 4 atom stereocenters. The first kappa shape index (κ1) is 25.7. The van der Waals surface area contributed by atoms with Gasteiger partial charge in [0.15, 0.2) is 0 Å². The Morgan fingerprint density at radius 3 is 1.42 bits per heavy atom. The molecule has 1 nitrogen and oxygen atoms in total. The number of rotatable bonds is 14. The SMILES string of the molecule is CCCCC(C)C(OC(c1cccc(CC)c1)C(C)CCCC)c1cccc(CC)c1. The summed E-state index contributed by atoms with van der Waals surface area (Å²) < 4.78 is 7.14. The summed E-state index contributed by atoms with van der Waals surface area (Å²) in [6.07, 6.45) is 9.82. The van der Waals surface area contributed by atoms with E-state index in [-0.39, 0.29) is 12.2 Å². The minimum Gasteiger partial charge on any atom is -0.365 e. The molecule has 0 aliphatic rings. The second-order valence-electron chi connectivity index (χ2n) is 9.41. The first-order chi connectivity index (χ1) is 15.0. The smallest absolute Gasteiger partial charge is 0.0859 e. The number of hydrogen-bond donors (Lipinski definition) is 0. The molecule has 0 spiro atoms. The Hall–Kier alpha value is -1.60. The van der Waals surface area contributed by atoms with Gasteiger partial charge in [-0.25, -0.2) is 0 Å². The largest absolute Gasteiger partial charge is 0.365 e. The number of unbranched alkanes of at least 4 members (excludes halogenated alkanes) is 2. The lowest BCUT2D eigenvalue weighted by atomic mass is 9.88. The average Bonchev–Trinajstić information content (AvgIpc) is 2.81. The predicted molar refractivity (Wildman–Crippen MR) is 136 cm³/mol. The van der Waals surface area contributed by atoms with Gasteiger partial charge in [0.25, 0.3) is 0 Å². The van der Waals surface area contributed by atoms with Crippen LogP contribution in [0.2, 0.25) is 0 Å². The van der Waals surface area contributed by atoms with Crippen molar-refractivity contribution in [1.29, 1.82) is 0 Å². The molecule has 2 aromatic carbocycles. The van der Waals surface area contributed by atoms with Crippen molar-refractivity contribution in [2.24, 2.45) is 11.8 Å². The Morgan fingerprint density at radius 2 is 1.06 bits per heavy atom. The van der Waals surface area contributed by atoms with Crippen molar-refractivity contribution in [3.63, 3.8) is 0 Å². The molecule has 2 rings (SSSR count). The fourth-order valence-electron chi connectivity index (χ4n) is 4.58. The third-order valence-electron chi connectivity index (χ3n) is 6.73. The van der Waals surface area contributed by atoms with Crippen molar-refractivity contribution in [2.45, 2.75) is 105 Å². The van der Waals surface area contributed by atoms with Crippen molar-refractivity contribution >= 4 is 0 Å². The molecule has 0 aliphatic heterocycles. The lowest BCUT2D eigenvalue weighted by Crippen LogP contribution is -2.22. The summed E-state index contributed by atoms with van der Waals surface area (Å²) >= 11 is 0. The predicted octanol–water partition coefficient (Wildman–Crippen LogP) is 9.26. The summed E-state index contributed by atoms with van der Waals surface area (Å²) in [5, 5.41) is 0. The van der Waals surface area contributed by atoms with E-state index in [1.807, 2.05) is 0 Å². The molecule has 0 amide bonds. The average molecular weight is 423 g/mol. The van der Waals surface area contributed by atoms with Gasteiger partial charge < -0.3 is 4.74 Å². The summed E-state index contributed by atoms with van der Waals surface area (Å²) in [6.45, 7) is 13.8. The fraction of sp³-hybridized carbons (Fsp3) is 0.600. The highest BCUT2D eigenvalue weighted by Crippen LogP contribution is 2.39. The fourth-order valence-corrected chi connectivity index (χ4v) is 4.58. The second kappa shape index (κ2) is 13.7. The zero-order valence-electron chi connectivity index (χ0n) is 21.0. The van der Waals surface area contributed by atoms with Gasteiger partial charge in [-0.1, -0.05) is 116 Å². The van der Waals surface area contributed by atoms with Gasteiger partial charge in [-0.3, -0.25) is 0 Å². The van der Waals surface area contributed by atoms with Crippen LogP contribution in [0.5, 0.6) is 0 Å². The minimum atomic E-state index is 0.136. The Kier molecular flexibility index (Phi) is 11.4. The van der Waals surface area contributed by atoms with Crippen LogP contribution in [-0.4, -0.2) is 0 Å². The molecule has 1 heteroatoms. The van der Waals surface area contributed by atoms with E-state index in [1.165, 1.54) is 60.8 Å². The monoisotopic (exact) mass is 422 g/mol. The number of aryl methyl sites for hydroxylation is 2. The van der Waals surface area contributed by atoms with Crippen molar-refractivity contribution < 1.29 is 4.74 Å². The first-order valence-corrected chi connectivity index (χ1v) is 12.9. The van der Waals surface area contributed by atoms with E-state index in [2.05, 4.69) is 90.1 Å².